The molecule has 4 rings (SSSR count). The summed E-state index contributed by atoms with van der Waals surface area (Å²) in [7, 11) is 0. The number of hydrogen-bond donors (Lipinski definition) is 4. The third-order valence-corrected chi connectivity index (χ3v) is 6.31. The van der Waals surface area contributed by atoms with E-state index in [2.05, 4.69) is 20.4 Å². The lowest BCUT2D eigenvalue weighted by Crippen LogP contribution is -2.48. The Bertz CT molecular complexity index is 1450. The summed E-state index contributed by atoms with van der Waals surface area (Å²) in [6, 6.07) is 14.8. The molecule has 0 saturated heterocycles. The average molecular weight is 562 g/mol. The first-order valence-electron chi connectivity index (χ1n) is 12.6. The first kappa shape index (κ1) is 29.0. The van der Waals surface area contributed by atoms with Crippen LogP contribution in [0.25, 0.3) is 10.9 Å². The highest BCUT2D eigenvalue weighted by Gasteiger charge is 2.31. The van der Waals surface area contributed by atoms with Crippen LogP contribution in [0.2, 0.25) is 0 Å². The summed E-state index contributed by atoms with van der Waals surface area (Å²) in [4.78, 5) is 15.9. The monoisotopic (exact) mass is 561 g/mol. The third kappa shape index (κ3) is 8.03. The predicted molar refractivity (Wildman–Crippen MR) is 140 cm³/mol. The van der Waals surface area contributed by atoms with Gasteiger partial charge in [-0.25, -0.2) is 8.78 Å². The van der Waals surface area contributed by atoms with Gasteiger partial charge in [-0.05, 0) is 65.9 Å². The molecule has 212 valence electrons. The van der Waals surface area contributed by atoms with Crippen molar-refractivity contribution in [1.82, 2.24) is 15.6 Å². The van der Waals surface area contributed by atoms with Crippen LogP contribution in [-0.4, -0.2) is 41.1 Å². The Kier molecular flexibility index (Phi) is 9.06. The summed E-state index contributed by atoms with van der Waals surface area (Å²) in [5, 5.41) is 17.1. The minimum absolute atomic E-state index is 0.0196. The standard InChI is InChI=1S/C29H28F5N3O3/c1-2-17-4-3-5-18(8-17)15-35-16-27(38)25(11-19-9-21(30)14-22(31)10-19)37-28(39)26-13-20-12-23(40-29(32,33)34)6-7-24(20)36-26/h3-10,12-14,25,27,35-36,38H,2,11,15-16H2,1H3,(H,37,39). The summed E-state index contributed by atoms with van der Waals surface area (Å²) in [5.41, 5.74) is 2.80. The number of fused-ring (bicyclic) bond motifs is 1. The van der Waals surface area contributed by atoms with Crippen LogP contribution in [0.3, 0.4) is 0 Å². The fraction of sp³-hybridized carbons (Fsp3) is 0.276. The zero-order chi connectivity index (χ0) is 28.9. The third-order valence-electron chi connectivity index (χ3n) is 6.31. The van der Waals surface area contributed by atoms with Crippen LogP contribution in [0.4, 0.5) is 22.0 Å². The lowest BCUT2D eigenvalue weighted by Gasteiger charge is -2.25. The van der Waals surface area contributed by atoms with Gasteiger partial charge in [0.1, 0.15) is 23.1 Å². The number of rotatable bonds is 11. The van der Waals surface area contributed by atoms with E-state index < -0.39 is 41.8 Å². The molecule has 0 spiro atoms. The van der Waals surface area contributed by atoms with Crippen LogP contribution >= 0.6 is 0 Å². The Morgan fingerprint density at radius 1 is 0.975 bits per heavy atom. The minimum atomic E-state index is -4.86. The highest BCUT2D eigenvalue weighted by molar-refractivity contribution is 5.98. The van der Waals surface area contributed by atoms with Crippen LogP contribution in [0.5, 0.6) is 5.75 Å². The van der Waals surface area contributed by atoms with Crippen molar-refractivity contribution in [3.8, 4) is 5.75 Å². The second-order valence-electron chi connectivity index (χ2n) is 9.41. The molecule has 3 aromatic carbocycles. The molecule has 6 nitrogen and oxygen atoms in total. The molecule has 1 heterocycles. The topological polar surface area (TPSA) is 86.4 Å². The van der Waals surface area contributed by atoms with Crippen molar-refractivity contribution in [1.29, 1.82) is 0 Å². The number of carbonyl (C=O) groups excluding carboxylic acids is 1. The lowest BCUT2D eigenvalue weighted by atomic mass is 10.00. The quantitative estimate of drug-likeness (QED) is 0.185. The van der Waals surface area contributed by atoms with Crippen LogP contribution in [0.1, 0.15) is 34.1 Å². The number of aromatic amines is 1. The largest absolute Gasteiger partial charge is 0.573 e. The molecule has 0 aliphatic carbocycles. The molecule has 2 unspecified atom stereocenters. The molecular weight excluding hydrogens is 533 g/mol. The van der Waals surface area contributed by atoms with Gasteiger partial charge in [0.05, 0.1) is 12.1 Å². The maximum atomic E-state index is 13.8. The van der Waals surface area contributed by atoms with E-state index in [-0.39, 0.29) is 24.2 Å². The lowest BCUT2D eigenvalue weighted by molar-refractivity contribution is -0.274. The van der Waals surface area contributed by atoms with E-state index in [0.717, 1.165) is 47.9 Å². The second-order valence-corrected chi connectivity index (χ2v) is 9.41. The smallest absolute Gasteiger partial charge is 0.406 e. The molecule has 1 amide bonds. The Labute approximate surface area is 227 Å². The van der Waals surface area contributed by atoms with Crippen molar-refractivity contribution in [2.75, 3.05) is 6.54 Å². The molecule has 0 bridgehead atoms. The molecule has 0 aliphatic heterocycles. The molecular formula is C29H28F5N3O3. The van der Waals surface area contributed by atoms with Gasteiger partial charge in [-0.2, -0.15) is 0 Å². The number of aliphatic hydroxyl groups excluding tert-OH is 1. The molecule has 11 heteroatoms. The molecule has 40 heavy (non-hydrogen) atoms. The average Bonchev–Trinajstić information content (AvgIpc) is 3.30. The molecule has 0 fully saturated rings. The summed E-state index contributed by atoms with van der Waals surface area (Å²) in [6.07, 6.45) is -5.23. The SMILES string of the molecule is CCc1cccc(CNCC(O)C(Cc2cc(F)cc(F)c2)NC(=O)c2cc3cc(OC(F)(F)F)ccc3[nH]2)c1. The van der Waals surface area contributed by atoms with Gasteiger partial charge in [0.25, 0.3) is 5.91 Å². The van der Waals surface area contributed by atoms with Crippen molar-refractivity contribution in [3.05, 3.63) is 101 Å². The van der Waals surface area contributed by atoms with Gasteiger partial charge in [-0.1, -0.05) is 31.2 Å². The summed E-state index contributed by atoms with van der Waals surface area (Å²) >= 11 is 0. The first-order chi connectivity index (χ1) is 19.0. The maximum absolute atomic E-state index is 13.8. The number of halogens is 5. The predicted octanol–water partition coefficient (Wildman–Crippen LogP) is 5.40. The Morgan fingerprint density at radius 2 is 1.70 bits per heavy atom. The van der Waals surface area contributed by atoms with Crippen LogP contribution < -0.4 is 15.4 Å². The number of aromatic nitrogens is 1. The molecule has 4 N–H and O–H groups in total. The fourth-order valence-corrected chi connectivity index (χ4v) is 4.41. The molecule has 0 saturated carbocycles. The van der Waals surface area contributed by atoms with Crippen molar-refractivity contribution in [2.45, 2.75) is 44.8 Å². The van der Waals surface area contributed by atoms with E-state index >= 15 is 0 Å². The maximum Gasteiger partial charge on any atom is 0.573 e. The number of benzene rings is 3. The van der Waals surface area contributed by atoms with Gasteiger partial charge >= 0.3 is 6.36 Å². The fourth-order valence-electron chi connectivity index (χ4n) is 4.41. The minimum Gasteiger partial charge on any atom is -0.406 e. The number of ether oxygens (including phenoxy) is 1. The molecule has 0 aliphatic rings. The molecule has 4 aromatic rings. The number of hydrogen-bond acceptors (Lipinski definition) is 4. The van der Waals surface area contributed by atoms with Gasteiger partial charge in [-0.15, -0.1) is 13.2 Å². The van der Waals surface area contributed by atoms with Crippen molar-refractivity contribution >= 4 is 16.8 Å². The number of alkyl halides is 3. The van der Waals surface area contributed by atoms with Crippen molar-refractivity contribution in [3.63, 3.8) is 0 Å². The normalized spacial score (nSPS) is 13.3. The van der Waals surface area contributed by atoms with E-state index in [1.807, 2.05) is 31.2 Å². The van der Waals surface area contributed by atoms with E-state index in [1.54, 1.807) is 0 Å². The second kappa shape index (κ2) is 12.5. The number of aryl methyl sites for hydroxylation is 1. The summed E-state index contributed by atoms with van der Waals surface area (Å²) in [6.45, 7) is 2.55. The Morgan fingerprint density at radius 3 is 2.40 bits per heavy atom. The van der Waals surface area contributed by atoms with Crippen LogP contribution in [0.15, 0.2) is 66.7 Å². The number of carbonyl (C=O) groups is 1. The molecule has 1 aromatic heterocycles. The van der Waals surface area contributed by atoms with Crippen molar-refractivity contribution in [2.24, 2.45) is 0 Å². The van der Waals surface area contributed by atoms with E-state index in [4.69, 9.17) is 0 Å². The Hall–Kier alpha value is -3.96. The number of nitrogens with one attached hydrogen (secondary N) is 3. The number of aliphatic hydroxyl groups is 1. The van der Waals surface area contributed by atoms with Gasteiger partial charge in [0.2, 0.25) is 0 Å². The van der Waals surface area contributed by atoms with Gasteiger partial charge in [-0.3, -0.25) is 4.79 Å². The van der Waals surface area contributed by atoms with E-state index in [9.17, 15) is 31.9 Å². The van der Waals surface area contributed by atoms with E-state index in [1.165, 1.54) is 12.1 Å². The van der Waals surface area contributed by atoms with E-state index in [0.29, 0.717) is 17.4 Å². The zero-order valence-corrected chi connectivity index (χ0v) is 21.5. The highest BCUT2D eigenvalue weighted by Crippen LogP contribution is 2.27. The zero-order valence-electron chi connectivity index (χ0n) is 21.5. The number of H-pyrrole nitrogens is 1. The van der Waals surface area contributed by atoms with Gasteiger partial charge < -0.3 is 25.5 Å². The molecule has 2 atom stereocenters. The van der Waals surface area contributed by atoms with Crippen molar-refractivity contribution < 1.29 is 36.6 Å². The summed E-state index contributed by atoms with van der Waals surface area (Å²) < 4.78 is 69.3. The first-order valence-corrected chi connectivity index (χ1v) is 12.6. The Balaban J connectivity index is 1.49. The molecule has 0 radical (unpaired) electrons. The summed E-state index contributed by atoms with van der Waals surface area (Å²) in [5.74, 6) is -2.69. The van der Waals surface area contributed by atoms with Crippen LogP contribution in [0, 0.1) is 11.6 Å². The number of amides is 1. The van der Waals surface area contributed by atoms with Gasteiger partial charge in [0.15, 0.2) is 0 Å². The van der Waals surface area contributed by atoms with Gasteiger partial charge in [0, 0.05) is 30.1 Å². The van der Waals surface area contributed by atoms with Crippen LogP contribution in [-0.2, 0) is 19.4 Å². The highest BCUT2D eigenvalue weighted by atomic mass is 19.4.